The summed E-state index contributed by atoms with van der Waals surface area (Å²) in [7, 11) is 1.60. The molecule has 0 radical (unpaired) electrons. The minimum atomic E-state index is -0.274. The summed E-state index contributed by atoms with van der Waals surface area (Å²) in [4.78, 5) is 0. The van der Waals surface area contributed by atoms with Gasteiger partial charge in [-0.2, -0.15) is 5.10 Å². The number of aromatic nitrogens is 2. The highest BCUT2D eigenvalue weighted by molar-refractivity contribution is 7.80. The molecule has 0 aliphatic rings. The molecule has 1 heterocycles. The smallest absolute Gasteiger partial charge is 0.176 e. The number of thiocarbonyl (C=S) groups is 1. The maximum absolute atomic E-state index is 13.0. The van der Waals surface area contributed by atoms with Gasteiger partial charge in [-0.05, 0) is 42.0 Å². The van der Waals surface area contributed by atoms with Crippen LogP contribution in [-0.2, 0) is 6.54 Å². The molecule has 0 aliphatic carbocycles. The third-order valence-electron chi connectivity index (χ3n) is 3.53. The second kappa shape index (κ2) is 8.16. The number of methoxy groups -OCH3 is 1. The van der Waals surface area contributed by atoms with Crippen molar-refractivity contribution in [1.82, 2.24) is 9.78 Å². The number of halogens is 2. The predicted molar refractivity (Wildman–Crippen MR) is 106 cm³/mol. The summed E-state index contributed by atoms with van der Waals surface area (Å²) in [6, 6.07) is 13.6. The van der Waals surface area contributed by atoms with Crippen molar-refractivity contribution in [3.8, 4) is 5.75 Å². The molecular weight excluding hydrogens is 375 g/mol. The number of anilines is 2. The van der Waals surface area contributed by atoms with E-state index >= 15 is 0 Å². The van der Waals surface area contributed by atoms with Crippen LogP contribution in [0.2, 0.25) is 5.02 Å². The zero-order chi connectivity index (χ0) is 18.5. The molecule has 0 saturated carbocycles. The Labute approximate surface area is 160 Å². The van der Waals surface area contributed by atoms with Gasteiger partial charge in [0.15, 0.2) is 10.9 Å². The van der Waals surface area contributed by atoms with Gasteiger partial charge < -0.3 is 15.4 Å². The van der Waals surface area contributed by atoms with Gasteiger partial charge in [0.05, 0.1) is 13.7 Å². The topological polar surface area (TPSA) is 51.1 Å². The van der Waals surface area contributed by atoms with Gasteiger partial charge in [0, 0.05) is 18.0 Å². The summed E-state index contributed by atoms with van der Waals surface area (Å²) in [5.74, 6) is 0.886. The minimum Gasteiger partial charge on any atom is -0.497 e. The Kier molecular flexibility index (Phi) is 5.70. The minimum absolute atomic E-state index is 0.274. The van der Waals surface area contributed by atoms with E-state index < -0.39 is 0 Å². The van der Waals surface area contributed by atoms with Crippen molar-refractivity contribution in [2.75, 3.05) is 17.7 Å². The first kappa shape index (κ1) is 18.2. The van der Waals surface area contributed by atoms with E-state index in [1.54, 1.807) is 30.1 Å². The summed E-state index contributed by atoms with van der Waals surface area (Å²) in [6.07, 6.45) is 1.68. The quantitative estimate of drug-likeness (QED) is 0.626. The van der Waals surface area contributed by atoms with Crippen LogP contribution < -0.4 is 15.4 Å². The lowest BCUT2D eigenvalue weighted by molar-refractivity contribution is 0.415. The highest BCUT2D eigenvalue weighted by Crippen LogP contribution is 2.21. The molecule has 8 heteroatoms. The van der Waals surface area contributed by atoms with E-state index in [0.29, 0.717) is 22.5 Å². The van der Waals surface area contributed by atoms with Crippen LogP contribution in [0, 0.1) is 5.82 Å². The molecule has 2 N–H and O–H groups in total. The van der Waals surface area contributed by atoms with Crippen molar-refractivity contribution < 1.29 is 9.13 Å². The molecule has 0 fully saturated rings. The van der Waals surface area contributed by atoms with Crippen molar-refractivity contribution >= 4 is 40.4 Å². The number of hydrogen-bond donors (Lipinski definition) is 2. The van der Waals surface area contributed by atoms with E-state index in [9.17, 15) is 4.39 Å². The van der Waals surface area contributed by atoms with E-state index in [-0.39, 0.29) is 5.82 Å². The molecule has 1 aromatic heterocycles. The van der Waals surface area contributed by atoms with Crippen molar-refractivity contribution in [3.63, 3.8) is 0 Å². The Balaban J connectivity index is 1.65. The average Bonchev–Trinajstić information content (AvgIpc) is 2.96. The third-order valence-corrected chi connectivity index (χ3v) is 4.02. The first-order chi connectivity index (χ1) is 12.5. The molecular formula is C18H16ClFN4OS. The lowest BCUT2D eigenvalue weighted by Crippen LogP contribution is -2.19. The summed E-state index contributed by atoms with van der Waals surface area (Å²) in [5.41, 5.74) is 1.69. The van der Waals surface area contributed by atoms with E-state index in [2.05, 4.69) is 15.7 Å². The van der Waals surface area contributed by atoms with Gasteiger partial charge in [-0.1, -0.05) is 29.8 Å². The van der Waals surface area contributed by atoms with Crippen molar-refractivity contribution in [2.24, 2.45) is 0 Å². The fourth-order valence-corrected chi connectivity index (χ4v) is 2.72. The Morgan fingerprint density at radius 3 is 2.73 bits per heavy atom. The Morgan fingerprint density at radius 1 is 1.23 bits per heavy atom. The zero-order valence-corrected chi connectivity index (χ0v) is 15.4. The largest absolute Gasteiger partial charge is 0.497 e. The SMILES string of the molecule is COc1cccc(NC(=S)Nc2nn(Cc3ccc(F)cc3)cc2Cl)c1. The molecule has 0 spiro atoms. The highest BCUT2D eigenvalue weighted by Gasteiger charge is 2.09. The van der Waals surface area contributed by atoms with Gasteiger partial charge in [0.25, 0.3) is 0 Å². The summed E-state index contributed by atoms with van der Waals surface area (Å²) in [5, 5.41) is 11.2. The van der Waals surface area contributed by atoms with Gasteiger partial charge in [0.2, 0.25) is 0 Å². The van der Waals surface area contributed by atoms with Gasteiger partial charge >= 0.3 is 0 Å². The van der Waals surface area contributed by atoms with E-state index in [1.165, 1.54) is 12.1 Å². The van der Waals surface area contributed by atoms with E-state index in [4.69, 9.17) is 28.6 Å². The van der Waals surface area contributed by atoms with Crippen LogP contribution in [0.5, 0.6) is 5.75 Å². The number of ether oxygens (including phenoxy) is 1. The number of benzene rings is 2. The van der Waals surface area contributed by atoms with Gasteiger partial charge in [0.1, 0.15) is 16.6 Å². The van der Waals surface area contributed by atoms with Crippen LogP contribution in [0.3, 0.4) is 0 Å². The Bertz CT molecular complexity index is 914. The van der Waals surface area contributed by atoms with Crippen LogP contribution in [-0.4, -0.2) is 22.0 Å². The maximum Gasteiger partial charge on any atom is 0.176 e. The van der Waals surface area contributed by atoms with E-state index in [0.717, 1.165) is 17.0 Å². The molecule has 3 aromatic rings. The third kappa shape index (κ3) is 4.71. The van der Waals surface area contributed by atoms with Crippen molar-refractivity contribution in [2.45, 2.75) is 6.54 Å². The van der Waals surface area contributed by atoms with E-state index in [1.807, 2.05) is 24.3 Å². The van der Waals surface area contributed by atoms with Crippen LogP contribution in [0.1, 0.15) is 5.56 Å². The fraction of sp³-hybridized carbons (Fsp3) is 0.111. The Hall–Kier alpha value is -2.64. The molecule has 0 amide bonds. The first-order valence-corrected chi connectivity index (χ1v) is 8.51. The van der Waals surface area contributed by atoms with Gasteiger partial charge in [-0.15, -0.1) is 0 Å². The first-order valence-electron chi connectivity index (χ1n) is 7.73. The summed E-state index contributed by atoms with van der Waals surface area (Å²) >= 11 is 11.5. The second-order valence-corrected chi connectivity index (χ2v) is 6.28. The number of rotatable bonds is 5. The number of nitrogens with zero attached hydrogens (tertiary/aromatic N) is 2. The van der Waals surface area contributed by atoms with Crippen molar-refractivity contribution in [1.29, 1.82) is 0 Å². The molecule has 0 aliphatic heterocycles. The molecule has 0 atom stereocenters. The molecule has 5 nitrogen and oxygen atoms in total. The molecule has 26 heavy (non-hydrogen) atoms. The molecule has 3 rings (SSSR count). The Morgan fingerprint density at radius 2 is 2.00 bits per heavy atom. The summed E-state index contributed by atoms with van der Waals surface area (Å²) < 4.78 is 19.8. The number of hydrogen-bond acceptors (Lipinski definition) is 3. The van der Waals surface area contributed by atoms with Crippen LogP contribution in [0.4, 0.5) is 15.9 Å². The van der Waals surface area contributed by atoms with Gasteiger partial charge in [-0.25, -0.2) is 4.39 Å². The van der Waals surface area contributed by atoms with Crippen LogP contribution in [0.15, 0.2) is 54.7 Å². The zero-order valence-electron chi connectivity index (χ0n) is 13.9. The molecule has 0 bridgehead atoms. The molecule has 134 valence electrons. The summed E-state index contributed by atoms with van der Waals surface area (Å²) in [6.45, 7) is 0.470. The van der Waals surface area contributed by atoms with Crippen LogP contribution in [0.25, 0.3) is 0 Å². The molecule has 0 saturated heterocycles. The fourth-order valence-electron chi connectivity index (χ4n) is 2.31. The van der Waals surface area contributed by atoms with Crippen molar-refractivity contribution in [3.05, 3.63) is 71.1 Å². The number of nitrogens with one attached hydrogen (secondary N) is 2. The highest BCUT2D eigenvalue weighted by atomic mass is 35.5. The average molecular weight is 391 g/mol. The second-order valence-electron chi connectivity index (χ2n) is 5.46. The normalized spacial score (nSPS) is 10.4. The lowest BCUT2D eigenvalue weighted by Gasteiger charge is -2.10. The van der Waals surface area contributed by atoms with Crippen LogP contribution >= 0.6 is 23.8 Å². The standard InChI is InChI=1S/C18H16ClFN4OS/c1-25-15-4-2-3-14(9-15)21-18(26)22-17-16(19)11-24(23-17)10-12-5-7-13(20)8-6-12/h2-9,11H,10H2,1H3,(H2,21,22,23,26). The predicted octanol–water partition coefficient (Wildman–Crippen LogP) is 4.54. The maximum atomic E-state index is 13.0. The molecule has 0 unspecified atom stereocenters. The lowest BCUT2D eigenvalue weighted by atomic mass is 10.2. The monoisotopic (exact) mass is 390 g/mol. The van der Waals surface area contributed by atoms with Gasteiger partial charge in [-0.3, -0.25) is 4.68 Å². The molecule has 2 aromatic carbocycles.